The fourth-order valence-corrected chi connectivity index (χ4v) is 3.65. The predicted octanol–water partition coefficient (Wildman–Crippen LogP) is 3.08. The molecule has 0 amide bonds. The quantitative estimate of drug-likeness (QED) is 0.297. The van der Waals surface area contributed by atoms with Crippen LogP contribution >= 0.6 is 0 Å². The Morgan fingerprint density at radius 2 is 1.44 bits per heavy atom. The molecule has 8 nitrogen and oxygen atoms in total. The summed E-state index contributed by atoms with van der Waals surface area (Å²) in [5.74, 6) is -0.927. The molecule has 0 radical (unpaired) electrons. The number of benzene rings is 2. The first-order chi connectivity index (χ1) is 15.4. The van der Waals surface area contributed by atoms with Crippen molar-refractivity contribution in [1.29, 1.82) is 0 Å². The van der Waals surface area contributed by atoms with E-state index < -0.39 is 16.1 Å². The molecule has 0 unspecified atom stereocenters. The molecular formula is C23H30O8S. The van der Waals surface area contributed by atoms with Gasteiger partial charge in [-0.25, -0.2) is 4.79 Å². The van der Waals surface area contributed by atoms with Gasteiger partial charge in [-0.3, -0.25) is 4.18 Å². The van der Waals surface area contributed by atoms with Gasteiger partial charge in [0.1, 0.15) is 0 Å². The molecule has 0 bridgehead atoms. The molecule has 9 heteroatoms. The number of ether oxygens (including phenoxy) is 3. The molecule has 0 aliphatic rings. The van der Waals surface area contributed by atoms with Gasteiger partial charge in [0.2, 0.25) is 0 Å². The average Bonchev–Trinajstić information content (AvgIpc) is 2.77. The van der Waals surface area contributed by atoms with E-state index in [0.29, 0.717) is 38.6 Å². The summed E-state index contributed by atoms with van der Waals surface area (Å²) in [5.41, 5.74) is 2.23. The summed E-state index contributed by atoms with van der Waals surface area (Å²) in [5, 5.41) is 8.99. The van der Waals surface area contributed by atoms with E-state index in [1.54, 1.807) is 30.3 Å². The van der Waals surface area contributed by atoms with E-state index in [1.165, 1.54) is 12.1 Å². The van der Waals surface area contributed by atoms with Crippen molar-refractivity contribution in [3.63, 3.8) is 0 Å². The van der Waals surface area contributed by atoms with E-state index in [4.69, 9.17) is 23.5 Å². The van der Waals surface area contributed by atoms with Crippen molar-refractivity contribution in [2.45, 2.75) is 24.7 Å². The Morgan fingerprint density at radius 1 is 0.844 bits per heavy atom. The van der Waals surface area contributed by atoms with E-state index in [9.17, 15) is 13.2 Å². The number of hydrogen-bond acceptors (Lipinski definition) is 7. The Labute approximate surface area is 189 Å². The van der Waals surface area contributed by atoms with Crippen LogP contribution in [-0.2, 0) is 34.9 Å². The highest BCUT2D eigenvalue weighted by molar-refractivity contribution is 7.86. The van der Waals surface area contributed by atoms with Crippen LogP contribution in [0.3, 0.4) is 0 Å². The molecule has 0 atom stereocenters. The summed E-state index contributed by atoms with van der Waals surface area (Å²) in [4.78, 5) is 11.1. The molecule has 32 heavy (non-hydrogen) atoms. The van der Waals surface area contributed by atoms with Gasteiger partial charge in [-0.05, 0) is 49.6 Å². The first-order valence-electron chi connectivity index (χ1n) is 10.4. The van der Waals surface area contributed by atoms with E-state index in [-0.39, 0.29) is 18.1 Å². The number of rotatable bonds is 16. The first-order valence-corrected chi connectivity index (χ1v) is 11.8. The van der Waals surface area contributed by atoms with Crippen molar-refractivity contribution >= 4 is 16.1 Å². The third-order valence-corrected chi connectivity index (χ3v) is 5.77. The maximum Gasteiger partial charge on any atom is 0.335 e. The number of aryl methyl sites for hydroxylation is 2. The number of carbonyl (C=O) groups is 1. The molecule has 176 valence electrons. The lowest BCUT2D eigenvalue weighted by molar-refractivity contribution is 0.00938. The van der Waals surface area contributed by atoms with Crippen molar-refractivity contribution in [1.82, 2.24) is 0 Å². The number of carboxylic acids is 1. The van der Waals surface area contributed by atoms with Gasteiger partial charge in [-0.2, -0.15) is 8.42 Å². The van der Waals surface area contributed by atoms with Crippen LogP contribution in [0.15, 0.2) is 53.4 Å². The Balaban J connectivity index is 1.42. The smallest absolute Gasteiger partial charge is 0.335 e. The molecule has 0 saturated heterocycles. The van der Waals surface area contributed by atoms with E-state index in [1.807, 2.05) is 13.0 Å². The molecule has 0 spiro atoms. The molecule has 2 rings (SSSR count). The van der Waals surface area contributed by atoms with Crippen molar-refractivity contribution in [2.75, 3.05) is 46.2 Å². The molecule has 2 aromatic rings. The minimum Gasteiger partial charge on any atom is -0.478 e. The number of hydrogen-bond donors (Lipinski definition) is 1. The van der Waals surface area contributed by atoms with Crippen LogP contribution in [0.2, 0.25) is 0 Å². The van der Waals surface area contributed by atoms with Crippen LogP contribution in [0, 0.1) is 6.92 Å². The van der Waals surface area contributed by atoms with Crippen LogP contribution in [0.5, 0.6) is 0 Å². The maximum atomic E-state index is 12.0. The highest BCUT2D eigenvalue weighted by atomic mass is 32.2. The number of aromatic carboxylic acids is 1. The van der Waals surface area contributed by atoms with Gasteiger partial charge in [-0.1, -0.05) is 29.8 Å². The zero-order valence-corrected chi connectivity index (χ0v) is 19.0. The Morgan fingerprint density at radius 3 is 2.06 bits per heavy atom. The summed E-state index contributed by atoms with van der Waals surface area (Å²) >= 11 is 0. The second kappa shape index (κ2) is 14.0. The lowest BCUT2D eigenvalue weighted by atomic mass is 10.1. The Kier molecular flexibility index (Phi) is 11.3. The molecule has 0 aliphatic heterocycles. The summed E-state index contributed by atoms with van der Waals surface area (Å²) < 4.78 is 45.2. The highest BCUT2D eigenvalue weighted by Crippen LogP contribution is 2.13. The fraction of sp³-hybridized carbons (Fsp3) is 0.435. The summed E-state index contributed by atoms with van der Waals surface area (Å²) in [6, 6.07) is 13.3. The lowest BCUT2D eigenvalue weighted by Crippen LogP contribution is -2.14. The molecule has 0 saturated carbocycles. The van der Waals surface area contributed by atoms with Crippen LogP contribution in [0.25, 0.3) is 0 Å². The minimum atomic E-state index is -3.77. The van der Waals surface area contributed by atoms with Crippen molar-refractivity contribution in [2.24, 2.45) is 0 Å². The zero-order chi connectivity index (χ0) is 23.2. The first kappa shape index (κ1) is 26.0. The molecule has 1 N–H and O–H groups in total. The van der Waals surface area contributed by atoms with Gasteiger partial charge >= 0.3 is 5.97 Å². The topological polar surface area (TPSA) is 108 Å². The van der Waals surface area contributed by atoms with Gasteiger partial charge in [0.15, 0.2) is 0 Å². The van der Waals surface area contributed by atoms with E-state index in [0.717, 1.165) is 24.0 Å². The van der Waals surface area contributed by atoms with Gasteiger partial charge in [0, 0.05) is 6.61 Å². The van der Waals surface area contributed by atoms with Gasteiger partial charge in [-0.15, -0.1) is 0 Å². The van der Waals surface area contributed by atoms with Crippen LogP contribution < -0.4 is 0 Å². The fourth-order valence-electron chi connectivity index (χ4n) is 2.76. The second-order valence-corrected chi connectivity index (χ2v) is 8.65. The Hall–Kier alpha value is -2.30. The van der Waals surface area contributed by atoms with Gasteiger partial charge in [0.05, 0.1) is 50.1 Å². The normalized spacial score (nSPS) is 11.5. The van der Waals surface area contributed by atoms with Crippen molar-refractivity contribution < 1.29 is 36.7 Å². The highest BCUT2D eigenvalue weighted by Gasteiger charge is 2.14. The molecule has 0 heterocycles. The van der Waals surface area contributed by atoms with Crippen LogP contribution in [0.4, 0.5) is 0 Å². The summed E-state index contributed by atoms with van der Waals surface area (Å²) in [6.45, 7) is 4.10. The largest absolute Gasteiger partial charge is 0.478 e. The molecule has 0 fully saturated rings. The van der Waals surface area contributed by atoms with Crippen molar-refractivity contribution in [3.05, 3.63) is 65.2 Å². The van der Waals surface area contributed by atoms with Gasteiger partial charge in [0.25, 0.3) is 10.1 Å². The summed E-state index contributed by atoms with van der Waals surface area (Å²) in [7, 11) is -3.77. The van der Waals surface area contributed by atoms with Gasteiger partial charge < -0.3 is 19.3 Å². The molecule has 2 aromatic carbocycles. The monoisotopic (exact) mass is 466 g/mol. The summed E-state index contributed by atoms with van der Waals surface area (Å²) in [6.07, 6.45) is 1.54. The lowest BCUT2D eigenvalue weighted by Gasteiger charge is -2.08. The standard InChI is InChI=1S/C23H30O8S/c1-19-7-9-22(10-8-19)32(26,27)31-17-16-30-15-14-29-13-12-28-11-3-5-20-4-2-6-21(18-20)23(24)25/h2,4,6-10,18H,3,5,11-17H2,1H3,(H,24,25). The average molecular weight is 467 g/mol. The molecule has 0 aliphatic carbocycles. The maximum absolute atomic E-state index is 12.0. The molecule has 0 aromatic heterocycles. The number of carboxylic acid groups (broad SMARTS) is 1. The van der Waals surface area contributed by atoms with E-state index in [2.05, 4.69) is 0 Å². The minimum absolute atomic E-state index is 0.0608. The predicted molar refractivity (Wildman–Crippen MR) is 118 cm³/mol. The Bertz CT molecular complexity index is 925. The SMILES string of the molecule is Cc1ccc(S(=O)(=O)OCCOCCOCCOCCCc2cccc(C(=O)O)c2)cc1. The van der Waals surface area contributed by atoms with Crippen LogP contribution in [0.1, 0.15) is 27.9 Å². The second-order valence-electron chi connectivity index (χ2n) is 7.04. The third-order valence-electron chi connectivity index (χ3n) is 4.45. The van der Waals surface area contributed by atoms with Crippen molar-refractivity contribution in [3.8, 4) is 0 Å². The zero-order valence-electron chi connectivity index (χ0n) is 18.2. The van der Waals surface area contributed by atoms with Crippen LogP contribution in [-0.4, -0.2) is 65.7 Å². The molecular weight excluding hydrogens is 436 g/mol. The third kappa shape index (κ3) is 9.88. The van der Waals surface area contributed by atoms with E-state index >= 15 is 0 Å².